The molecular weight excluding hydrogens is 318 g/mol. The summed E-state index contributed by atoms with van der Waals surface area (Å²) >= 11 is 0. The van der Waals surface area contributed by atoms with Gasteiger partial charge < -0.3 is 10.6 Å². The van der Waals surface area contributed by atoms with Gasteiger partial charge in [0.25, 0.3) is 0 Å². The van der Waals surface area contributed by atoms with Crippen molar-refractivity contribution in [1.29, 1.82) is 0 Å². The number of benzene rings is 1. The van der Waals surface area contributed by atoms with E-state index >= 15 is 0 Å². The fourth-order valence-electron chi connectivity index (χ4n) is 2.93. The average Bonchev–Trinajstić information content (AvgIpc) is 3.16. The van der Waals surface area contributed by atoms with Crippen LogP contribution in [-0.4, -0.2) is 35.5 Å². The smallest absolute Gasteiger partial charge is 0.243 e. The molecule has 1 aromatic heterocycles. The van der Waals surface area contributed by atoms with Crippen molar-refractivity contribution in [2.24, 2.45) is 0 Å². The van der Waals surface area contributed by atoms with Crippen LogP contribution in [0.15, 0.2) is 36.4 Å². The van der Waals surface area contributed by atoms with E-state index in [2.05, 4.69) is 15.6 Å². The molecule has 1 aliphatic rings. The predicted octanol–water partition coefficient (Wildman–Crippen LogP) is 2.13. The van der Waals surface area contributed by atoms with Gasteiger partial charge >= 0.3 is 0 Å². The van der Waals surface area contributed by atoms with Crippen LogP contribution in [0.3, 0.4) is 0 Å². The lowest BCUT2D eigenvalue weighted by Crippen LogP contribution is -2.35. The van der Waals surface area contributed by atoms with Crippen LogP contribution in [0, 0.1) is 6.92 Å². The Morgan fingerprint density at radius 1 is 1.20 bits per heavy atom. The largest absolute Gasteiger partial charge is 0.325 e. The number of nitrogens with zero attached hydrogens (tertiary/aromatic N) is 1. The van der Waals surface area contributed by atoms with Gasteiger partial charge in [0.15, 0.2) is 6.29 Å². The van der Waals surface area contributed by atoms with E-state index in [0.29, 0.717) is 5.69 Å². The molecule has 6 heteroatoms. The molecule has 1 aliphatic heterocycles. The molecule has 1 atom stereocenters. The number of aromatic nitrogens is 1. The number of ketones is 1. The van der Waals surface area contributed by atoms with Gasteiger partial charge in [0.05, 0.1) is 6.04 Å². The number of carbonyl (C=O) groups is 3. The Balaban J connectivity index is 1.74. The van der Waals surface area contributed by atoms with Gasteiger partial charge in [0, 0.05) is 16.9 Å². The number of rotatable bonds is 5. The Kier molecular flexibility index (Phi) is 5.00. The number of aldehydes is 1. The zero-order valence-electron chi connectivity index (χ0n) is 13.9. The molecule has 2 aromatic rings. The number of pyridine rings is 1. The number of hydrogen-bond acceptors (Lipinski definition) is 5. The number of Topliss-reactive ketones (excluding diaryl/α,β-unsaturated/α-hetero) is 1. The maximum atomic E-state index is 12.1. The molecule has 25 heavy (non-hydrogen) atoms. The molecule has 1 amide bonds. The van der Waals surface area contributed by atoms with E-state index in [1.165, 1.54) is 0 Å². The van der Waals surface area contributed by atoms with Gasteiger partial charge in [-0.15, -0.1) is 0 Å². The molecule has 1 aromatic carbocycles. The van der Waals surface area contributed by atoms with E-state index in [0.717, 1.165) is 36.2 Å². The summed E-state index contributed by atoms with van der Waals surface area (Å²) in [6.45, 7) is 2.67. The van der Waals surface area contributed by atoms with Crippen molar-refractivity contribution in [1.82, 2.24) is 10.3 Å². The molecule has 0 radical (unpaired) electrons. The summed E-state index contributed by atoms with van der Waals surface area (Å²) in [5, 5.41) is 6.08. The molecule has 0 aliphatic carbocycles. The normalized spacial score (nSPS) is 16.4. The van der Waals surface area contributed by atoms with Crippen molar-refractivity contribution in [3.8, 4) is 11.1 Å². The van der Waals surface area contributed by atoms with E-state index in [9.17, 15) is 14.4 Å². The van der Waals surface area contributed by atoms with Crippen LogP contribution >= 0.6 is 0 Å². The molecule has 2 N–H and O–H groups in total. The molecule has 3 rings (SSSR count). The van der Waals surface area contributed by atoms with Crippen LogP contribution in [-0.2, 0) is 9.59 Å². The Morgan fingerprint density at radius 3 is 2.56 bits per heavy atom. The number of anilines is 1. The minimum atomic E-state index is -0.631. The monoisotopic (exact) mass is 337 g/mol. The van der Waals surface area contributed by atoms with Crippen molar-refractivity contribution in [3.05, 3.63) is 47.8 Å². The summed E-state index contributed by atoms with van der Waals surface area (Å²) in [5.74, 6) is -0.645. The van der Waals surface area contributed by atoms with Gasteiger partial charge in [-0.2, -0.15) is 0 Å². The molecule has 128 valence electrons. The van der Waals surface area contributed by atoms with Crippen LogP contribution in [0.25, 0.3) is 11.1 Å². The molecule has 0 saturated carbocycles. The fraction of sp³-hybridized carbons (Fsp3) is 0.263. The summed E-state index contributed by atoms with van der Waals surface area (Å²) < 4.78 is 0. The van der Waals surface area contributed by atoms with E-state index in [4.69, 9.17) is 0 Å². The molecule has 0 spiro atoms. The standard InChI is InChI=1S/C19H19N3O3/c1-12-15(8-9-16(21-12)18(24)11-23)13-4-6-14(7-5-13)22-19(25)17-3-2-10-20-17/h4-9,11,17,20H,2-3,10H2,1H3,(H,22,25)/t17-/m1/s1. The van der Waals surface area contributed by atoms with Gasteiger partial charge in [-0.25, -0.2) is 4.98 Å². The Morgan fingerprint density at radius 2 is 1.96 bits per heavy atom. The van der Waals surface area contributed by atoms with Gasteiger partial charge in [-0.3, -0.25) is 14.4 Å². The van der Waals surface area contributed by atoms with E-state index in [1.54, 1.807) is 19.1 Å². The predicted molar refractivity (Wildman–Crippen MR) is 94.5 cm³/mol. The third-order valence-electron chi connectivity index (χ3n) is 4.29. The molecule has 0 unspecified atom stereocenters. The topological polar surface area (TPSA) is 88.2 Å². The molecule has 2 heterocycles. The zero-order chi connectivity index (χ0) is 17.8. The molecule has 1 fully saturated rings. The zero-order valence-corrected chi connectivity index (χ0v) is 13.9. The van der Waals surface area contributed by atoms with Gasteiger partial charge in [-0.05, 0) is 50.1 Å². The van der Waals surface area contributed by atoms with Crippen molar-refractivity contribution >= 4 is 23.7 Å². The number of amides is 1. The Labute approximate surface area is 145 Å². The second-order valence-electron chi connectivity index (χ2n) is 6.03. The summed E-state index contributed by atoms with van der Waals surface area (Å²) in [6.07, 6.45) is 2.14. The second-order valence-corrected chi connectivity index (χ2v) is 6.03. The first-order chi connectivity index (χ1) is 12.1. The third kappa shape index (κ3) is 3.80. The quantitative estimate of drug-likeness (QED) is 0.496. The van der Waals surface area contributed by atoms with Gasteiger partial charge in [0.1, 0.15) is 5.69 Å². The van der Waals surface area contributed by atoms with Crippen molar-refractivity contribution in [2.75, 3.05) is 11.9 Å². The number of nitrogens with one attached hydrogen (secondary N) is 2. The first-order valence-electron chi connectivity index (χ1n) is 8.20. The SMILES string of the molecule is Cc1nc(C(=O)C=O)ccc1-c1ccc(NC(=O)[C@H]2CCCN2)cc1. The van der Waals surface area contributed by atoms with Crippen LogP contribution in [0.4, 0.5) is 5.69 Å². The van der Waals surface area contributed by atoms with Crippen LogP contribution in [0.2, 0.25) is 0 Å². The van der Waals surface area contributed by atoms with Crippen molar-refractivity contribution < 1.29 is 14.4 Å². The van der Waals surface area contributed by atoms with Gasteiger partial charge in [0.2, 0.25) is 11.7 Å². The first-order valence-corrected chi connectivity index (χ1v) is 8.20. The summed E-state index contributed by atoms with van der Waals surface area (Å²) in [5.41, 5.74) is 3.34. The number of carbonyl (C=O) groups excluding carboxylic acids is 3. The summed E-state index contributed by atoms with van der Waals surface area (Å²) in [6, 6.07) is 10.7. The summed E-state index contributed by atoms with van der Waals surface area (Å²) in [4.78, 5) is 38.3. The average molecular weight is 337 g/mol. The maximum absolute atomic E-state index is 12.1. The van der Waals surface area contributed by atoms with E-state index < -0.39 is 5.78 Å². The highest BCUT2D eigenvalue weighted by molar-refractivity contribution is 6.32. The van der Waals surface area contributed by atoms with E-state index in [-0.39, 0.29) is 23.9 Å². The summed E-state index contributed by atoms with van der Waals surface area (Å²) in [7, 11) is 0. The molecule has 6 nitrogen and oxygen atoms in total. The highest BCUT2D eigenvalue weighted by atomic mass is 16.2. The second kappa shape index (κ2) is 7.36. The van der Waals surface area contributed by atoms with E-state index in [1.807, 2.05) is 24.3 Å². The van der Waals surface area contributed by atoms with Crippen LogP contribution < -0.4 is 10.6 Å². The minimum absolute atomic E-state index is 0.0141. The lowest BCUT2D eigenvalue weighted by molar-refractivity contribution is -0.117. The first kappa shape index (κ1) is 17.0. The number of hydrogen-bond donors (Lipinski definition) is 2. The third-order valence-corrected chi connectivity index (χ3v) is 4.29. The highest BCUT2D eigenvalue weighted by Gasteiger charge is 2.21. The van der Waals surface area contributed by atoms with Crippen LogP contribution in [0.1, 0.15) is 29.0 Å². The van der Waals surface area contributed by atoms with Crippen molar-refractivity contribution in [2.45, 2.75) is 25.8 Å². The fourth-order valence-corrected chi connectivity index (χ4v) is 2.93. The molecule has 0 bridgehead atoms. The molecule has 1 saturated heterocycles. The molecular formula is C19H19N3O3. The van der Waals surface area contributed by atoms with Crippen molar-refractivity contribution in [3.63, 3.8) is 0 Å². The Bertz CT molecular complexity index is 809. The number of aryl methyl sites for hydroxylation is 1. The van der Waals surface area contributed by atoms with Gasteiger partial charge in [-0.1, -0.05) is 18.2 Å². The lowest BCUT2D eigenvalue weighted by atomic mass is 10.0. The van der Waals surface area contributed by atoms with Crippen LogP contribution in [0.5, 0.6) is 0 Å². The highest BCUT2D eigenvalue weighted by Crippen LogP contribution is 2.24. The lowest BCUT2D eigenvalue weighted by Gasteiger charge is -2.12. The maximum Gasteiger partial charge on any atom is 0.243 e. The minimum Gasteiger partial charge on any atom is -0.325 e. The Hall–Kier alpha value is -2.86.